The number of benzene rings is 1. The molecule has 0 radical (unpaired) electrons. The number of hydrogen-bond acceptors (Lipinski definition) is 10. The number of carbonyl (C=O) groups is 4. The number of rotatable bonds is 8. The number of ether oxygens (including phenoxy) is 3. The average molecular weight is 714 g/mol. The van der Waals surface area contributed by atoms with E-state index in [2.05, 4.69) is 20.3 Å². The smallest absolute Gasteiger partial charge is 0.405 e. The molecule has 2 saturated carbocycles. The van der Waals surface area contributed by atoms with Crippen LogP contribution in [0.1, 0.15) is 58.8 Å². The third kappa shape index (κ3) is 7.36. The van der Waals surface area contributed by atoms with E-state index < -0.39 is 74.8 Å². The molecular formula is C34H43N5O10S. The highest BCUT2D eigenvalue weighted by Crippen LogP contribution is 2.46. The Bertz CT molecular complexity index is 1800. The highest BCUT2D eigenvalue weighted by molar-refractivity contribution is 7.91. The van der Waals surface area contributed by atoms with Gasteiger partial charge in [-0.1, -0.05) is 19.1 Å². The summed E-state index contributed by atoms with van der Waals surface area (Å²) in [6.07, 6.45) is 4.24. The van der Waals surface area contributed by atoms with Crippen molar-refractivity contribution in [2.75, 3.05) is 13.7 Å². The summed E-state index contributed by atoms with van der Waals surface area (Å²) in [7, 11) is -2.35. The average Bonchev–Trinajstić information content (AvgIpc) is 4.01. The first-order valence-corrected chi connectivity index (χ1v) is 18.5. The third-order valence-corrected chi connectivity index (χ3v) is 11.7. The van der Waals surface area contributed by atoms with Crippen LogP contribution in [0.4, 0.5) is 4.79 Å². The number of hydrogen-bond donors (Lipinski definition) is 4. The van der Waals surface area contributed by atoms with Gasteiger partial charge in [0.2, 0.25) is 27.7 Å². The molecule has 270 valence electrons. The lowest BCUT2D eigenvalue weighted by Gasteiger charge is -2.33. The van der Waals surface area contributed by atoms with E-state index in [0.717, 1.165) is 5.39 Å². The number of carboxylic acid groups (broad SMARTS) is 1. The molecule has 4 N–H and O–H groups in total. The van der Waals surface area contributed by atoms with Crippen LogP contribution in [-0.4, -0.2) is 102 Å². The molecule has 2 aliphatic heterocycles. The minimum Gasteiger partial charge on any atom is -0.497 e. The van der Waals surface area contributed by atoms with Crippen LogP contribution in [0.5, 0.6) is 11.6 Å². The normalized spacial score (nSPS) is 30.9. The predicted octanol–water partition coefficient (Wildman–Crippen LogP) is 2.24. The highest BCUT2D eigenvalue weighted by Gasteiger charge is 2.62. The van der Waals surface area contributed by atoms with E-state index in [1.54, 1.807) is 44.5 Å². The van der Waals surface area contributed by atoms with Crippen LogP contribution in [0, 0.1) is 5.92 Å². The van der Waals surface area contributed by atoms with E-state index in [1.807, 2.05) is 19.1 Å². The number of pyridine rings is 1. The fraction of sp³-hybridized carbons (Fsp3) is 0.559. The van der Waals surface area contributed by atoms with Gasteiger partial charge in [-0.25, -0.2) is 18.2 Å². The maximum atomic E-state index is 14.4. The molecule has 0 unspecified atom stereocenters. The molecule has 16 heteroatoms. The van der Waals surface area contributed by atoms with Crippen LogP contribution in [0.15, 0.2) is 42.6 Å². The van der Waals surface area contributed by atoms with E-state index in [1.165, 1.54) is 4.90 Å². The Balaban J connectivity index is 1.34. The van der Waals surface area contributed by atoms with Gasteiger partial charge in [0.25, 0.3) is 5.91 Å². The van der Waals surface area contributed by atoms with E-state index >= 15 is 0 Å². The summed E-state index contributed by atoms with van der Waals surface area (Å²) in [5.41, 5.74) is -1.55. The van der Waals surface area contributed by atoms with Gasteiger partial charge in [-0.15, -0.1) is 0 Å². The van der Waals surface area contributed by atoms with Crippen molar-refractivity contribution in [3.05, 3.63) is 42.6 Å². The number of sulfonamides is 1. The summed E-state index contributed by atoms with van der Waals surface area (Å²) in [5.74, 6) is -1.79. The third-order valence-electron chi connectivity index (χ3n) is 9.86. The highest BCUT2D eigenvalue weighted by atomic mass is 32.2. The molecule has 3 fully saturated rings. The van der Waals surface area contributed by atoms with Crippen LogP contribution < -0.4 is 24.8 Å². The van der Waals surface area contributed by atoms with E-state index in [9.17, 15) is 32.7 Å². The number of allylic oxidation sites excluding steroid dienone is 1. The lowest BCUT2D eigenvalue weighted by molar-refractivity contribution is -0.145. The summed E-state index contributed by atoms with van der Waals surface area (Å²) >= 11 is 0. The van der Waals surface area contributed by atoms with Crippen molar-refractivity contribution in [2.24, 2.45) is 5.92 Å². The quantitative estimate of drug-likeness (QED) is 0.292. The maximum Gasteiger partial charge on any atom is 0.405 e. The molecule has 1 saturated heterocycles. The molecule has 0 spiro atoms. The molecule has 2 aliphatic carbocycles. The Morgan fingerprint density at radius 3 is 2.68 bits per heavy atom. The zero-order valence-electron chi connectivity index (χ0n) is 28.2. The first kappa shape index (κ1) is 35.4. The van der Waals surface area contributed by atoms with E-state index in [-0.39, 0.29) is 31.4 Å². The minimum atomic E-state index is -3.91. The monoisotopic (exact) mass is 713 g/mol. The van der Waals surface area contributed by atoms with Crippen LogP contribution in [0.3, 0.4) is 0 Å². The first-order valence-electron chi connectivity index (χ1n) is 16.9. The minimum absolute atomic E-state index is 0.0157. The lowest BCUT2D eigenvalue weighted by atomic mass is 10.0. The largest absolute Gasteiger partial charge is 0.497 e. The van der Waals surface area contributed by atoms with Crippen molar-refractivity contribution < 1.29 is 46.9 Å². The van der Waals surface area contributed by atoms with Gasteiger partial charge in [0.05, 0.1) is 31.1 Å². The van der Waals surface area contributed by atoms with Crippen LogP contribution in [0.25, 0.3) is 10.8 Å². The molecule has 6 rings (SSSR count). The van der Waals surface area contributed by atoms with Crippen molar-refractivity contribution in [1.29, 1.82) is 0 Å². The Morgan fingerprint density at radius 2 is 1.98 bits per heavy atom. The van der Waals surface area contributed by atoms with Crippen molar-refractivity contribution in [3.63, 3.8) is 0 Å². The predicted molar refractivity (Wildman–Crippen MR) is 180 cm³/mol. The Labute approximate surface area is 290 Å². The Morgan fingerprint density at radius 1 is 1.20 bits per heavy atom. The second kappa shape index (κ2) is 14.1. The number of carbonyl (C=O) groups excluding carboxylic acids is 3. The molecule has 2 aromatic rings. The fourth-order valence-electron chi connectivity index (χ4n) is 6.84. The molecule has 0 bridgehead atoms. The fourth-order valence-corrected chi connectivity index (χ4v) is 8.21. The summed E-state index contributed by atoms with van der Waals surface area (Å²) in [6.45, 7) is 3.50. The SMILES string of the molecule is CC[C@@H]1O[C@H](C)CC/C=C\[C@@H]2C[C@@]2(C(=O)NS(=O)(=O)C2CC2)NC(=O)[C@@H]2C[C@@H](Oc3nccc4cc(OC)ccc34)CN2C(=O)[C@H]1NC(=O)O. The van der Waals surface area contributed by atoms with Gasteiger partial charge in [-0.05, 0) is 75.1 Å². The van der Waals surface area contributed by atoms with Crippen molar-refractivity contribution in [2.45, 2.75) is 100.0 Å². The van der Waals surface area contributed by atoms with Crippen LogP contribution >= 0.6 is 0 Å². The summed E-state index contributed by atoms with van der Waals surface area (Å²) in [5, 5.41) is 15.7. The number of methoxy groups -OCH3 is 1. The number of amides is 4. The zero-order chi connectivity index (χ0) is 35.8. The molecule has 15 nitrogen and oxygen atoms in total. The van der Waals surface area contributed by atoms with Gasteiger partial charge in [-0.3, -0.25) is 19.1 Å². The first-order chi connectivity index (χ1) is 23.8. The lowest BCUT2D eigenvalue weighted by Crippen LogP contribution is -2.60. The van der Waals surface area contributed by atoms with Gasteiger partial charge in [-0.2, -0.15) is 0 Å². The van der Waals surface area contributed by atoms with Crippen LogP contribution in [0.2, 0.25) is 0 Å². The van der Waals surface area contributed by atoms with Crippen LogP contribution in [-0.2, 0) is 29.1 Å². The van der Waals surface area contributed by atoms with Gasteiger partial charge in [0.15, 0.2) is 0 Å². The standard InChI is InChI=1S/C34H43N5O10S/c1-4-27-28(36-33(43)44)31(41)39-18-23(49-30-25-12-9-22(47-3)15-20(25)13-14-35-30)16-26(39)29(40)37-34(32(42)38-50(45,46)24-10-11-24)17-21(34)8-6-5-7-19(2)48-27/h6,8-9,12-15,19,21,23-24,26-28,36H,4-5,7,10-11,16-18H2,1-3H3,(H,37,40)(H,38,42)(H,43,44)/b8-6-/t19-,21-,23-,26+,27+,28+,34-/m1/s1. The van der Waals surface area contributed by atoms with Crippen molar-refractivity contribution in [1.82, 2.24) is 25.2 Å². The molecular weight excluding hydrogens is 670 g/mol. The number of nitrogens with zero attached hydrogens (tertiary/aromatic N) is 2. The van der Waals surface area contributed by atoms with Gasteiger partial charge >= 0.3 is 6.09 Å². The molecule has 1 aromatic heterocycles. The van der Waals surface area contributed by atoms with Gasteiger partial charge < -0.3 is 34.9 Å². The topological polar surface area (TPSA) is 203 Å². The Hall–Kier alpha value is -4.44. The van der Waals surface area contributed by atoms with Crippen molar-refractivity contribution >= 4 is 44.6 Å². The number of fused-ring (bicyclic) bond motifs is 3. The molecule has 7 atom stereocenters. The molecule has 4 amide bonds. The number of aromatic nitrogens is 1. The maximum absolute atomic E-state index is 14.4. The molecule has 50 heavy (non-hydrogen) atoms. The van der Waals surface area contributed by atoms with E-state index in [4.69, 9.17) is 14.2 Å². The number of nitrogens with one attached hydrogen (secondary N) is 3. The summed E-state index contributed by atoms with van der Waals surface area (Å²) in [4.78, 5) is 59.9. The second-order valence-electron chi connectivity index (χ2n) is 13.5. The summed E-state index contributed by atoms with van der Waals surface area (Å²) < 4.78 is 45.6. The zero-order valence-corrected chi connectivity index (χ0v) is 29.0. The van der Waals surface area contributed by atoms with Crippen molar-refractivity contribution in [3.8, 4) is 11.6 Å². The summed E-state index contributed by atoms with van der Waals surface area (Å²) in [6, 6.07) is 4.61. The molecule has 4 aliphatic rings. The molecule has 3 heterocycles. The Kier molecular flexibility index (Phi) is 9.95. The van der Waals surface area contributed by atoms with Gasteiger partial charge in [0.1, 0.15) is 29.5 Å². The van der Waals surface area contributed by atoms with E-state index in [0.29, 0.717) is 43.2 Å². The molecule has 1 aromatic carbocycles. The van der Waals surface area contributed by atoms with Gasteiger partial charge in [0, 0.05) is 23.9 Å². The second-order valence-corrected chi connectivity index (χ2v) is 15.4.